The van der Waals surface area contributed by atoms with Crippen LogP contribution in [-0.4, -0.2) is 65.8 Å². The molecule has 2 amide bonds. The molecule has 10 heteroatoms. The summed E-state index contributed by atoms with van der Waals surface area (Å²) < 4.78 is 5.90. The lowest BCUT2D eigenvalue weighted by Gasteiger charge is -2.28. The zero-order chi connectivity index (χ0) is 27.8. The average Bonchev–Trinajstić information content (AvgIpc) is 2.85. The molecule has 0 radical (unpaired) electrons. The third-order valence-electron chi connectivity index (χ3n) is 5.61. The van der Waals surface area contributed by atoms with E-state index in [2.05, 4.69) is 15.0 Å². The highest BCUT2D eigenvalue weighted by Gasteiger charge is 2.24. The van der Waals surface area contributed by atoms with Crippen LogP contribution in [0.5, 0.6) is 0 Å². The van der Waals surface area contributed by atoms with E-state index in [0.29, 0.717) is 22.2 Å². The minimum absolute atomic E-state index is 0.0590. The van der Waals surface area contributed by atoms with Crippen LogP contribution in [-0.2, 0) is 22.6 Å². The fourth-order valence-electron chi connectivity index (χ4n) is 3.61. The first-order chi connectivity index (χ1) is 17.4. The van der Waals surface area contributed by atoms with Crippen molar-refractivity contribution >= 4 is 35.1 Å². The molecule has 2 heterocycles. The predicted molar refractivity (Wildman–Crippen MR) is 147 cm³/mol. The number of rotatable bonds is 8. The normalized spacial score (nSPS) is 11.0. The van der Waals surface area contributed by atoms with E-state index in [9.17, 15) is 19.5 Å². The summed E-state index contributed by atoms with van der Waals surface area (Å²) in [5.74, 6) is -0.851. The van der Waals surface area contributed by atoms with Crippen LogP contribution in [0.4, 0.5) is 0 Å². The van der Waals surface area contributed by atoms with Crippen molar-refractivity contribution in [2.24, 2.45) is 5.41 Å². The van der Waals surface area contributed by atoms with Crippen LogP contribution in [0, 0.1) is 17.0 Å². The number of hydrogen-bond donors (Lipinski definition) is 3. The molecule has 1 aromatic carbocycles. The molecule has 9 nitrogen and oxygen atoms in total. The van der Waals surface area contributed by atoms with Gasteiger partial charge in [0.1, 0.15) is 22.4 Å². The molecule has 0 aliphatic heterocycles. The number of likely N-dealkylation sites (N-methyl/N-ethyl adjacent to an activating group) is 1. The second-order valence-corrected chi connectivity index (χ2v) is 10.2. The van der Waals surface area contributed by atoms with E-state index in [0.717, 1.165) is 11.1 Å². The number of nitrogens with zero attached hydrogens (tertiary/aromatic N) is 2. The minimum atomic E-state index is -0.589. The third kappa shape index (κ3) is 8.34. The smallest absolute Gasteiger partial charge is 0.265 e. The first-order valence-electron chi connectivity index (χ1n) is 11.8. The van der Waals surface area contributed by atoms with Gasteiger partial charge in [-0.15, -0.1) is 0 Å². The molecule has 0 bridgehead atoms. The molecule has 0 saturated carbocycles. The zero-order valence-corrected chi connectivity index (χ0v) is 23.1. The number of aliphatic hydroxyl groups is 1. The van der Waals surface area contributed by atoms with Crippen LogP contribution in [0.1, 0.15) is 35.3 Å². The maximum Gasteiger partial charge on any atom is 0.265 e. The van der Waals surface area contributed by atoms with E-state index in [1.54, 1.807) is 33.4 Å². The van der Waals surface area contributed by atoms with Crippen molar-refractivity contribution in [1.29, 1.82) is 0 Å². The number of benzene rings is 1. The molecule has 0 spiro atoms. The van der Waals surface area contributed by atoms with Crippen molar-refractivity contribution in [3.63, 3.8) is 0 Å². The van der Waals surface area contributed by atoms with Crippen LogP contribution >= 0.6 is 12.2 Å². The van der Waals surface area contributed by atoms with Gasteiger partial charge in [-0.1, -0.05) is 55.9 Å². The molecule has 0 saturated heterocycles. The molecule has 3 rings (SSSR count). The number of ether oxygens (including phenoxy) is 1. The number of aryl methyl sites for hydroxylation is 1. The van der Waals surface area contributed by atoms with Crippen LogP contribution in [0.25, 0.3) is 11.0 Å². The summed E-state index contributed by atoms with van der Waals surface area (Å²) >= 11 is 5.21. The molecule has 0 unspecified atom stereocenters. The SMILES string of the molecule is COC.Cc1ccc(CNC(=O)c2cc3ccc(=S)[nH]c3n(CC(=O)N(C)CC(C)(C)CO)c2=O)cc1. The van der Waals surface area contributed by atoms with E-state index in [-0.39, 0.29) is 31.2 Å². The highest BCUT2D eigenvalue weighted by atomic mass is 32.1. The van der Waals surface area contributed by atoms with Crippen molar-refractivity contribution in [3.8, 4) is 0 Å². The number of pyridine rings is 2. The molecular weight excluding hydrogens is 492 g/mol. The second kappa shape index (κ2) is 13.3. The molecular formula is C27H36N4O5S. The number of hydrogen-bond acceptors (Lipinski definition) is 6. The summed E-state index contributed by atoms with van der Waals surface area (Å²) in [5.41, 5.74) is 1.25. The fourth-order valence-corrected chi connectivity index (χ4v) is 3.78. The Labute approximate surface area is 222 Å². The standard InChI is InChI=1S/C25H30N4O4S.C2H6O/c1-16-5-7-17(8-6-16)12-26-23(32)19-11-18-9-10-20(34)27-22(18)29(24(19)33)13-21(31)28(4)14-25(2,3)15-30;1-3-2/h5-11,30H,12-15H2,1-4H3,(H,26,32)(H,27,34);1-2H3. The number of carbonyl (C=O) groups excluding carboxylic acids is 2. The van der Waals surface area contributed by atoms with Gasteiger partial charge in [0.05, 0.1) is 0 Å². The number of fused-ring (bicyclic) bond motifs is 1. The Morgan fingerprint density at radius 3 is 2.38 bits per heavy atom. The Bertz CT molecular complexity index is 1350. The highest BCUT2D eigenvalue weighted by Crippen LogP contribution is 2.16. The maximum atomic E-state index is 13.3. The first kappa shape index (κ1) is 29.9. The summed E-state index contributed by atoms with van der Waals surface area (Å²) in [6, 6.07) is 12.6. The lowest BCUT2D eigenvalue weighted by atomic mass is 9.94. The minimum Gasteiger partial charge on any atom is -0.396 e. The number of aromatic amines is 1. The van der Waals surface area contributed by atoms with Gasteiger partial charge in [0.2, 0.25) is 5.91 Å². The third-order valence-corrected chi connectivity index (χ3v) is 5.84. The van der Waals surface area contributed by atoms with Gasteiger partial charge in [-0.3, -0.25) is 19.0 Å². The lowest BCUT2D eigenvalue weighted by Crippen LogP contribution is -2.41. The number of carbonyl (C=O) groups is 2. The van der Waals surface area contributed by atoms with Gasteiger partial charge < -0.3 is 25.0 Å². The molecule has 0 atom stereocenters. The summed E-state index contributed by atoms with van der Waals surface area (Å²) in [7, 11) is 4.87. The van der Waals surface area contributed by atoms with Gasteiger partial charge >= 0.3 is 0 Å². The first-order valence-corrected chi connectivity index (χ1v) is 12.2. The van der Waals surface area contributed by atoms with Gasteiger partial charge in [-0.2, -0.15) is 0 Å². The Morgan fingerprint density at radius 1 is 1.16 bits per heavy atom. The summed E-state index contributed by atoms with van der Waals surface area (Å²) in [6.45, 7) is 5.88. The maximum absolute atomic E-state index is 13.3. The molecule has 0 aliphatic rings. The van der Waals surface area contributed by atoms with Gasteiger partial charge in [0.25, 0.3) is 11.5 Å². The van der Waals surface area contributed by atoms with E-state index in [1.165, 1.54) is 15.5 Å². The molecule has 0 aliphatic carbocycles. The molecule has 2 aromatic heterocycles. The van der Waals surface area contributed by atoms with Crippen molar-refractivity contribution in [3.05, 3.63) is 74.1 Å². The predicted octanol–water partition coefficient (Wildman–Crippen LogP) is 3.04. The number of H-pyrrole nitrogens is 1. The topological polar surface area (TPSA) is 117 Å². The van der Waals surface area contributed by atoms with E-state index in [4.69, 9.17) is 12.2 Å². The Morgan fingerprint density at radius 2 is 1.78 bits per heavy atom. The monoisotopic (exact) mass is 528 g/mol. The molecule has 0 fully saturated rings. The Balaban J connectivity index is 0.00000153. The Hall–Kier alpha value is -3.34. The van der Waals surface area contributed by atoms with Crippen molar-refractivity contribution in [2.45, 2.75) is 33.9 Å². The fraction of sp³-hybridized carbons (Fsp3) is 0.407. The van der Waals surface area contributed by atoms with E-state index >= 15 is 0 Å². The van der Waals surface area contributed by atoms with Crippen LogP contribution in [0.3, 0.4) is 0 Å². The largest absolute Gasteiger partial charge is 0.396 e. The number of aromatic nitrogens is 2. The van der Waals surface area contributed by atoms with Gasteiger partial charge in [-0.25, -0.2) is 0 Å². The van der Waals surface area contributed by atoms with Crippen LogP contribution < -0.4 is 10.9 Å². The number of nitrogens with one attached hydrogen (secondary N) is 2. The van der Waals surface area contributed by atoms with Crippen molar-refractivity contribution in [1.82, 2.24) is 19.8 Å². The molecule has 3 N–H and O–H groups in total. The summed E-state index contributed by atoms with van der Waals surface area (Å²) in [6.07, 6.45) is 0. The van der Waals surface area contributed by atoms with E-state index in [1.807, 2.05) is 45.0 Å². The Kier molecular flexibility index (Phi) is 10.7. The quantitative estimate of drug-likeness (QED) is 0.387. The molecule has 200 valence electrons. The number of amides is 2. The van der Waals surface area contributed by atoms with Crippen molar-refractivity contribution in [2.75, 3.05) is 34.4 Å². The molecule has 3 aromatic rings. The second-order valence-electron chi connectivity index (χ2n) is 9.72. The van der Waals surface area contributed by atoms with Gasteiger partial charge in [-0.05, 0) is 30.7 Å². The van der Waals surface area contributed by atoms with E-state index < -0.39 is 16.9 Å². The summed E-state index contributed by atoms with van der Waals surface area (Å²) in [5, 5.41) is 12.9. The highest BCUT2D eigenvalue weighted by molar-refractivity contribution is 7.71. The van der Waals surface area contributed by atoms with Crippen molar-refractivity contribution < 1.29 is 19.4 Å². The van der Waals surface area contributed by atoms with Gasteiger partial charge in [0, 0.05) is 51.8 Å². The van der Waals surface area contributed by atoms with Gasteiger partial charge in [0.15, 0.2) is 0 Å². The number of methoxy groups -OCH3 is 1. The average molecular weight is 529 g/mol. The van der Waals surface area contributed by atoms with Crippen LogP contribution in [0.2, 0.25) is 0 Å². The lowest BCUT2D eigenvalue weighted by molar-refractivity contribution is -0.132. The van der Waals surface area contributed by atoms with Crippen LogP contribution in [0.15, 0.2) is 47.3 Å². The zero-order valence-electron chi connectivity index (χ0n) is 22.3. The molecule has 37 heavy (non-hydrogen) atoms. The summed E-state index contributed by atoms with van der Waals surface area (Å²) in [4.78, 5) is 43.7. The number of aliphatic hydroxyl groups excluding tert-OH is 1.